The number of rotatable bonds is 4. The molecule has 1 atom stereocenters. The van der Waals surface area contributed by atoms with E-state index in [1.54, 1.807) is 22.7 Å². The molecule has 0 radical (unpaired) electrons. The lowest BCUT2D eigenvalue weighted by atomic mass is 10.1. The van der Waals surface area contributed by atoms with Crippen LogP contribution >= 0.6 is 50.2 Å². The Hall–Kier alpha value is 0.130. The van der Waals surface area contributed by atoms with Crippen LogP contribution < -0.4 is 5.32 Å². The fourth-order valence-corrected chi connectivity index (χ4v) is 4.81. The summed E-state index contributed by atoms with van der Waals surface area (Å²) in [6.45, 7) is 5.19. The Morgan fingerprint density at radius 3 is 2.76 bits per heavy atom. The van der Waals surface area contributed by atoms with Crippen LogP contribution in [0.2, 0.25) is 5.02 Å². The second kappa shape index (κ2) is 5.85. The summed E-state index contributed by atoms with van der Waals surface area (Å²) in [6, 6.07) is 4.35. The van der Waals surface area contributed by atoms with E-state index in [0.717, 1.165) is 11.6 Å². The topological polar surface area (TPSA) is 12.0 Å². The summed E-state index contributed by atoms with van der Waals surface area (Å²) < 4.78 is 1.17. The standard InChI is InChI=1S/C12H13BrClNS2/c1-3-15-11(12-9(14)4-5-16-12)8-6-10(13)17-7(8)2/h4-6,11,15H,3H2,1-2H3. The molecule has 5 heteroatoms. The van der Waals surface area contributed by atoms with E-state index < -0.39 is 0 Å². The first-order chi connectivity index (χ1) is 8.13. The van der Waals surface area contributed by atoms with Crippen LogP contribution in [0.5, 0.6) is 0 Å². The summed E-state index contributed by atoms with van der Waals surface area (Å²) in [7, 11) is 0. The predicted octanol–water partition coefficient (Wildman–Crippen LogP) is 5.23. The molecule has 0 saturated carbocycles. The van der Waals surface area contributed by atoms with Gasteiger partial charge in [-0.05, 0) is 52.5 Å². The Balaban J connectivity index is 2.42. The van der Waals surface area contributed by atoms with E-state index in [2.05, 4.69) is 41.2 Å². The molecule has 92 valence electrons. The third kappa shape index (κ3) is 2.93. The summed E-state index contributed by atoms with van der Waals surface area (Å²) in [5, 5.41) is 6.40. The van der Waals surface area contributed by atoms with Crippen molar-refractivity contribution in [3.63, 3.8) is 0 Å². The molecule has 0 saturated heterocycles. The molecular weight excluding hydrogens is 338 g/mol. The number of halogens is 2. The molecule has 1 N–H and O–H groups in total. The van der Waals surface area contributed by atoms with E-state index in [1.165, 1.54) is 19.1 Å². The Bertz CT molecular complexity index is 506. The van der Waals surface area contributed by atoms with Gasteiger partial charge in [0.1, 0.15) is 0 Å². The van der Waals surface area contributed by atoms with Crippen molar-refractivity contribution in [3.05, 3.63) is 41.6 Å². The number of nitrogens with one attached hydrogen (secondary N) is 1. The molecule has 0 bridgehead atoms. The molecule has 0 aliphatic heterocycles. The summed E-state index contributed by atoms with van der Waals surface area (Å²) >= 11 is 13.3. The third-order valence-electron chi connectivity index (χ3n) is 2.55. The Morgan fingerprint density at radius 1 is 1.53 bits per heavy atom. The average Bonchev–Trinajstić information content (AvgIpc) is 2.82. The van der Waals surface area contributed by atoms with Crippen molar-refractivity contribution in [1.82, 2.24) is 5.32 Å². The van der Waals surface area contributed by atoms with Gasteiger partial charge < -0.3 is 5.32 Å². The van der Waals surface area contributed by atoms with Gasteiger partial charge in [0.2, 0.25) is 0 Å². The second-order valence-corrected chi connectivity index (χ2v) is 7.68. The molecule has 0 fully saturated rings. The monoisotopic (exact) mass is 349 g/mol. The maximum Gasteiger partial charge on any atom is 0.0704 e. The normalized spacial score (nSPS) is 12.9. The van der Waals surface area contributed by atoms with Crippen molar-refractivity contribution in [1.29, 1.82) is 0 Å². The molecule has 0 aliphatic carbocycles. The van der Waals surface area contributed by atoms with Gasteiger partial charge in [-0.1, -0.05) is 18.5 Å². The highest BCUT2D eigenvalue weighted by Crippen LogP contribution is 2.38. The van der Waals surface area contributed by atoms with Crippen LogP contribution in [0, 0.1) is 6.92 Å². The minimum absolute atomic E-state index is 0.204. The molecule has 2 rings (SSSR count). The lowest BCUT2D eigenvalue weighted by molar-refractivity contribution is 0.639. The summed E-state index contributed by atoms with van der Waals surface area (Å²) in [6.07, 6.45) is 0. The quantitative estimate of drug-likeness (QED) is 0.796. The highest BCUT2D eigenvalue weighted by molar-refractivity contribution is 9.11. The minimum Gasteiger partial charge on any atom is -0.306 e. The van der Waals surface area contributed by atoms with Gasteiger partial charge in [-0.25, -0.2) is 0 Å². The molecule has 2 heterocycles. The lowest BCUT2D eigenvalue weighted by Crippen LogP contribution is -2.21. The largest absolute Gasteiger partial charge is 0.306 e. The first kappa shape index (κ1) is 13.6. The molecule has 1 unspecified atom stereocenters. The van der Waals surface area contributed by atoms with Crippen LogP contribution in [0.1, 0.15) is 28.3 Å². The van der Waals surface area contributed by atoms with Crippen molar-refractivity contribution in [2.24, 2.45) is 0 Å². The van der Waals surface area contributed by atoms with Crippen molar-refractivity contribution >= 4 is 50.2 Å². The van der Waals surface area contributed by atoms with E-state index >= 15 is 0 Å². The van der Waals surface area contributed by atoms with E-state index in [4.69, 9.17) is 11.6 Å². The third-order valence-corrected chi connectivity index (χ3v) is 5.54. The Kier molecular flexibility index (Phi) is 4.66. The van der Waals surface area contributed by atoms with Crippen LogP contribution in [0.15, 0.2) is 21.3 Å². The van der Waals surface area contributed by atoms with Crippen molar-refractivity contribution in [3.8, 4) is 0 Å². The maximum atomic E-state index is 6.24. The summed E-state index contributed by atoms with van der Waals surface area (Å²) in [4.78, 5) is 2.52. The molecule has 0 aromatic carbocycles. The van der Waals surface area contributed by atoms with Crippen molar-refractivity contribution < 1.29 is 0 Å². The van der Waals surface area contributed by atoms with Gasteiger partial charge in [-0.15, -0.1) is 22.7 Å². The van der Waals surface area contributed by atoms with E-state index in [1.807, 2.05) is 11.4 Å². The van der Waals surface area contributed by atoms with E-state index in [0.29, 0.717) is 0 Å². The fourth-order valence-electron chi connectivity index (χ4n) is 1.80. The smallest absolute Gasteiger partial charge is 0.0704 e. The number of hydrogen-bond acceptors (Lipinski definition) is 3. The van der Waals surface area contributed by atoms with Gasteiger partial charge in [0.25, 0.3) is 0 Å². The zero-order valence-electron chi connectivity index (χ0n) is 9.59. The maximum absolute atomic E-state index is 6.24. The lowest BCUT2D eigenvalue weighted by Gasteiger charge is -2.17. The molecule has 0 aliphatic rings. The molecule has 0 spiro atoms. The van der Waals surface area contributed by atoms with Gasteiger partial charge in [0.15, 0.2) is 0 Å². The first-order valence-electron chi connectivity index (χ1n) is 5.35. The average molecular weight is 351 g/mol. The number of aryl methyl sites for hydroxylation is 1. The van der Waals surface area contributed by atoms with Gasteiger partial charge in [0, 0.05) is 9.75 Å². The van der Waals surface area contributed by atoms with Gasteiger partial charge >= 0.3 is 0 Å². The predicted molar refractivity (Wildman–Crippen MR) is 81.6 cm³/mol. The molecule has 2 aromatic heterocycles. The fraction of sp³-hybridized carbons (Fsp3) is 0.333. The Labute approximate surface area is 123 Å². The molecule has 2 aromatic rings. The van der Waals surface area contributed by atoms with Crippen LogP contribution in [-0.2, 0) is 0 Å². The van der Waals surface area contributed by atoms with Crippen LogP contribution in [0.4, 0.5) is 0 Å². The summed E-state index contributed by atoms with van der Waals surface area (Å²) in [5.41, 5.74) is 1.31. The van der Waals surface area contributed by atoms with E-state index in [9.17, 15) is 0 Å². The summed E-state index contributed by atoms with van der Waals surface area (Å²) in [5.74, 6) is 0. The SMILES string of the molecule is CCNC(c1cc(Br)sc1C)c1sccc1Cl. The molecule has 17 heavy (non-hydrogen) atoms. The van der Waals surface area contributed by atoms with Crippen molar-refractivity contribution in [2.75, 3.05) is 6.54 Å². The molecular formula is C12H13BrClNS2. The van der Waals surface area contributed by atoms with Crippen LogP contribution in [-0.4, -0.2) is 6.54 Å². The van der Waals surface area contributed by atoms with Crippen LogP contribution in [0.25, 0.3) is 0 Å². The van der Waals surface area contributed by atoms with Gasteiger partial charge in [-0.3, -0.25) is 0 Å². The second-order valence-electron chi connectivity index (χ2n) is 3.69. The van der Waals surface area contributed by atoms with Crippen LogP contribution in [0.3, 0.4) is 0 Å². The van der Waals surface area contributed by atoms with E-state index in [-0.39, 0.29) is 6.04 Å². The zero-order valence-corrected chi connectivity index (χ0v) is 13.6. The molecule has 0 amide bonds. The highest BCUT2D eigenvalue weighted by atomic mass is 79.9. The van der Waals surface area contributed by atoms with Crippen molar-refractivity contribution in [2.45, 2.75) is 19.9 Å². The number of hydrogen-bond donors (Lipinski definition) is 1. The number of thiophene rings is 2. The zero-order chi connectivity index (χ0) is 12.4. The molecule has 1 nitrogen and oxygen atoms in total. The highest BCUT2D eigenvalue weighted by Gasteiger charge is 2.20. The Morgan fingerprint density at radius 2 is 2.29 bits per heavy atom. The minimum atomic E-state index is 0.204. The van der Waals surface area contributed by atoms with Gasteiger partial charge in [-0.2, -0.15) is 0 Å². The first-order valence-corrected chi connectivity index (χ1v) is 8.22. The van der Waals surface area contributed by atoms with Gasteiger partial charge in [0.05, 0.1) is 14.9 Å².